The third-order valence-corrected chi connectivity index (χ3v) is 6.00. The highest BCUT2D eigenvalue weighted by Gasteiger charge is 2.34. The maximum absolute atomic E-state index is 12.5. The number of alkyl halides is 3. The van der Waals surface area contributed by atoms with Gasteiger partial charge in [-0.2, -0.15) is 18.2 Å². The predicted molar refractivity (Wildman–Crippen MR) is 110 cm³/mol. The highest BCUT2D eigenvalue weighted by Crippen LogP contribution is 2.33. The second kappa shape index (κ2) is 9.32. The number of hydrogen-bond donors (Lipinski definition) is 3. The normalized spacial score (nSPS) is 15.9. The van der Waals surface area contributed by atoms with Gasteiger partial charge in [0.2, 0.25) is 17.8 Å². The van der Waals surface area contributed by atoms with Crippen LogP contribution in [0.1, 0.15) is 18.2 Å². The minimum atomic E-state index is -4.54. The number of halogens is 3. The molecule has 2 amide bonds. The number of aromatic nitrogens is 2. The Hall–Kier alpha value is -2.51. The zero-order valence-electron chi connectivity index (χ0n) is 16.8. The molecule has 170 valence electrons. The van der Waals surface area contributed by atoms with Gasteiger partial charge in [0.25, 0.3) is 0 Å². The van der Waals surface area contributed by atoms with Crippen LogP contribution in [0.2, 0.25) is 0 Å². The van der Waals surface area contributed by atoms with E-state index in [-0.39, 0.29) is 32.1 Å². The van der Waals surface area contributed by atoms with E-state index in [1.54, 1.807) is 0 Å². The van der Waals surface area contributed by atoms with E-state index in [0.717, 1.165) is 16.7 Å². The van der Waals surface area contributed by atoms with Crippen molar-refractivity contribution in [2.75, 3.05) is 43.0 Å². The number of nitrogens with zero attached hydrogens (tertiary/aromatic N) is 4. The molecule has 3 heterocycles. The number of anilines is 2. The number of fused-ring (bicyclic) bond motifs is 1. The highest BCUT2D eigenvalue weighted by atomic mass is 32.1. The Morgan fingerprint density at radius 2 is 1.97 bits per heavy atom. The van der Waals surface area contributed by atoms with Gasteiger partial charge in [-0.25, -0.2) is 4.98 Å². The summed E-state index contributed by atoms with van der Waals surface area (Å²) in [5, 5.41) is 12.3. The van der Waals surface area contributed by atoms with Crippen LogP contribution in [0, 0.1) is 0 Å². The first-order chi connectivity index (χ1) is 14.6. The van der Waals surface area contributed by atoms with Crippen molar-refractivity contribution in [2.24, 2.45) is 5.73 Å². The smallest absolute Gasteiger partial charge is 0.394 e. The summed E-state index contributed by atoms with van der Waals surface area (Å²) in [6, 6.07) is 0.821. The van der Waals surface area contributed by atoms with Crippen LogP contribution in [0.15, 0.2) is 6.07 Å². The van der Waals surface area contributed by atoms with Gasteiger partial charge in [0.15, 0.2) is 0 Å². The van der Waals surface area contributed by atoms with Crippen LogP contribution in [0.5, 0.6) is 0 Å². The van der Waals surface area contributed by atoms with Crippen LogP contribution in [0.25, 0.3) is 10.2 Å². The number of nitrogens with two attached hydrogens (primary N) is 1. The molecule has 0 saturated carbocycles. The van der Waals surface area contributed by atoms with Crippen LogP contribution in [0.3, 0.4) is 0 Å². The van der Waals surface area contributed by atoms with Crippen LogP contribution in [-0.4, -0.2) is 76.8 Å². The number of carbonyl (C=O) groups is 2. The van der Waals surface area contributed by atoms with Gasteiger partial charge >= 0.3 is 6.18 Å². The van der Waals surface area contributed by atoms with E-state index in [0.29, 0.717) is 10.6 Å². The van der Waals surface area contributed by atoms with E-state index in [9.17, 15) is 22.8 Å². The first kappa shape index (κ1) is 23.2. The molecule has 1 saturated heterocycles. The van der Waals surface area contributed by atoms with Crippen LogP contribution in [-0.2, 0) is 16.0 Å². The fourth-order valence-electron chi connectivity index (χ4n) is 3.16. The third-order valence-electron chi connectivity index (χ3n) is 4.82. The Labute approximate surface area is 180 Å². The number of amides is 2. The molecule has 0 aromatic carbocycles. The SMILES string of the molecule is CCc1cc2c(N3CCN(C(=O)CC(F)(F)F)CC3)nc(NC(=O)[C@H](N)CO)nc2s1. The zero-order chi connectivity index (χ0) is 22.8. The summed E-state index contributed by atoms with van der Waals surface area (Å²) in [6.07, 6.45) is -5.24. The molecular weight excluding hydrogens is 437 g/mol. The van der Waals surface area contributed by atoms with Crippen molar-refractivity contribution in [3.8, 4) is 0 Å². The molecule has 0 radical (unpaired) electrons. The lowest BCUT2D eigenvalue weighted by atomic mass is 10.2. The molecule has 1 fully saturated rings. The lowest BCUT2D eigenvalue weighted by Gasteiger charge is -2.36. The summed E-state index contributed by atoms with van der Waals surface area (Å²) in [5.74, 6) is -1.04. The average Bonchev–Trinajstić information content (AvgIpc) is 3.14. The van der Waals surface area contributed by atoms with Crippen molar-refractivity contribution in [3.05, 3.63) is 10.9 Å². The van der Waals surface area contributed by atoms with Crippen LogP contribution >= 0.6 is 11.3 Å². The van der Waals surface area contributed by atoms with Gasteiger partial charge in [0.1, 0.15) is 23.1 Å². The molecule has 1 aliphatic rings. The van der Waals surface area contributed by atoms with Crippen molar-refractivity contribution in [1.29, 1.82) is 0 Å². The van der Waals surface area contributed by atoms with Gasteiger partial charge in [-0.05, 0) is 12.5 Å². The van der Waals surface area contributed by atoms with E-state index in [4.69, 9.17) is 10.8 Å². The second-order valence-corrected chi connectivity index (χ2v) is 8.21. The molecule has 0 spiro atoms. The van der Waals surface area contributed by atoms with Gasteiger partial charge < -0.3 is 20.6 Å². The lowest BCUT2D eigenvalue weighted by Crippen LogP contribution is -2.49. The number of piperazine rings is 1. The van der Waals surface area contributed by atoms with Gasteiger partial charge in [0.05, 0.1) is 12.0 Å². The summed E-state index contributed by atoms with van der Waals surface area (Å²) < 4.78 is 37.5. The van der Waals surface area contributed by atoms with Gasteiger partial charge in [-0.1, -0.05) is 6.92 Å². The van der Waals surface area contributed by atoms with Crippen molar-refractivity contribution < 1.29 is 27.9 Å². The third kappa shape index (κ3) is 5.60. The lowest BCUT2D eigenvalue weighted by molar-refractivity contribution is -0.161. The molecule has 3 rings (SSSR count). The molecule has 31 heavy (non-hydrogen) atoms. The topological polar surface area (TPSA) is 125 Å². The van der Waals surface area contributed by atoms with Crippen molar-refractivity contribution in [2.45, 2.75) is 32.0 Å². The quantitative estimate of drug-likeness (QED) is 0.590. The minimum absolute atomic E-state index is 0.0245. The number of rotatable bonds is 6. The van der Waals surface area contributed by atoms with E-state index in [1.165, 1.54) is 16.2 Å². The predicted octanol–water partition coefficient (Wildman–Crippen LogP) is 1.11. The first-order valence-electron chi connectivity index (χ1n) is 9.68. The monoisotopic (exact) mass is 460 g/mol. The van der Waals surface area contributed by atoms with E-state index < -0.39 is 37.1 Å². The molecule has 13 heteroatoms. The van der Waals surface area contributed by atoms with E-state index in [2.05, 4.69) is 15.3 Å². The summed E-state index contributed by atoms with van der Waals surface area (Å²) in [5.41, 5.74) is 5.53. The molecule has 9 nitrogen and oxygen atoms in total. The number of thiophene rings is 1. The molecule has 4 N–H and O–H groups in total. The molecule has 2 aromatic rings. The van der Waals surface area contributed by atoms with Gasteiger partial charge in [0, 0.05) is 31.1 Å². The highest BCUT2D eigenvalue weighted by molar-refractivity contribution is 7.18. The fourth-order valence-corrected chi connectivity index (χ4v) is 4.13. The summed E-state index contributed by atoms with van der Waals surface area (Å²) in [6.45, 7) is 2.29. The van der Waals surface area contributed by atoms with E-state index >= 15 is 0 Å². The Kier molecular flexibility index (Phi) is 6.96. The minimum Gasteiger partial charge on any atom is -0.394 e. The maximum atomic E-state index is 12.5. The Bertz CT molecular complexity index is 959. The van der Waals surface area contributed by atoms with E-state index in [1.807, 2.05) is 17.9 Å². The number of aliphatic hydroxyl groups is 1. The average molecular weight is 460 g/mol. The molecule has 0 unspecified atom stereocenters. The maximum Gasteiger partial charge on any atom is 0.397 e. The largest absolute Gasteiger partial charge is 0.397 e. The first-order valence-corrected chi connectivity index (χ1v) is 10.5. The molecular formula is C18H23F3N6O3S. The Balaban J connectivity index is 1.83. The zero-order valence-corrected chi connectivity index (χ0v) is 17.6. The summed E-state index contributed by atoms with van der Waals surface area (Å²) in [4.78, 5) is 37.4. The van der Waals surface area contributed by atoms with Crippen LogP contribution < -0.4 is 16.0 Å². The Morgan fingerprint density at radius 1 is 1.29 bits per heavy atom. The van der Waals surface area contributed by atoms with Crippen molar-refractivity contribution in [3.63, 3.8) is 0 Å². The summed E-state index contributed by atoms with van der Waals surface area (Å²) >= 11 is 1.44. The standard InChI is InChI=1S/C18H23F3N6O3S/c1-2-10-7-11-14(23-17(25-16(11)31-10)24-15(30)12(22)9-28)27-5-3-26(4-6-27)13(29)8-18(19,20)21/h7,12,28H,2-6,8-9,22H2,1H3,(H,23,24,25,30)/t12-/m1/s1. The fraction of sp³-hybridized carbons (Fsp3) is 0.556. The molecule has 0 bridgehead atoms. The van der Waals surface area contributed by atoms with Crippen LogP contribution in [0.4, 0.5) is 24.9 Å². The van der Waals surface area contributed by atoms with Crippen molar-refractivity contribution >= 4 is 45.1 Å². The number of hydrogen-bond acceptors (Lipinski definition) is 8. The molecule has 0 aliphatic carbocycles. The molecule has 1 aliphatic heterocycles. The molecule has 2 aromatic heterocycles. The Morgan fingerprint density at radius 3 is 2.55 bits per heavy atom. The van der Waals surface area contributed by atoms with Gasteiger partial charge in [-0.15, -0.1) is 11.3 Å². The van der Waals surface area contributed by atoms with Crippen molar-refractivity contribution in [1.82, 2.24) is 14.9 Å². The number of carbonyl (C=O) groups excluding carboxylic acids is 2. The number of aryl methyl sites for hydroxylation is 1. The number of aliphatic hydroxyl groups excluding tert-OH is 1. The number of nitrogens with one attached hydrogen (secondary N) is 1. The summed E-state index contributed by atoms with van der Waals surface area (Å²) in [7, 11) is 0. The second-order valence-electron chi connectivity index (χ2n) is 7.09. The molecule has 1 atom stereocenters. The van der Waals surface area contributed by atoms with Gasteiger partial charge in [-0.3, -0.25) is 14.9 Å².